The molecule has 110 valence electrons. The van der Waals surface area contributed by atoms with Crippen molar-refractivity contribution in [3.05, 3.63) is 34.9 Å². The molecule has 1 aromatic rings. The van der Waals surface area contributed by atoms with E-state index in [4.69, 9.17) is 16.3 Å². The minimum absolute atomic E-state index is 0.165. The number of benzene rings is 1. The molecule has 0 amide bonds. The molecule has 0 aliphatic carbocycles. The third-order valence-electron chi connectivity index (χ3n) is 3.63. The fourth-order valence-electron chi connectivity index (χ4n) is 2.47. The van der Waals surface area contributed by atoms with Crippen LogP contribution < -0.4 is 0 Å². The van der Waals surface area contributed by atoms with Gasteiger partial charge in [-0.2, -0.15) is 0 Å². The average molecular weight is 296 g/mol. The van der Waals surface area contributed by atoms with E-state index in [1.807, 2.05) is 12.1 Å². The Kier molecular flexibility index (Phi) is 6.34. The van der Waals surface area contributed by atoms with Crippen LogP contribution >= 0.6 is 11.6 Å². The Bertz CT molecular complexity index is 411. The van der Waals surface area contributed by atoms with Crippen LogP contribution in [0.1, 0.15) is 31.2 Å². The Balaban J connectivity index is 1.65. The maximum Gasteiger partial charge on any atom is 0.310 e. The zero-order valence-corrected chi connectivity index (χ0v) is 12.6. The summed E-state index contributed by atoms with van der Waals surface area (Å²) < 4.78 is 5.31. The van der Waals surface area contributed by atoms with E-state index in [0.717, 1.165) is 25.2 Å². The first-order valence-electron chi connectivity index (χ1n) is 7.36. The predicted molar refractivity (Wildman–Crippen MR) is 81.0 cm³/mol. The Labute approximate surface area is 125 Å². The van der Waals surface area contributed by atoms with Crippen LogP contribution in [0.4, 0.5) is 0 Å². The first-order chi connectivity index (χ1) is 9.74. The topological polar surface area (TPSA) is 29.5 Å². The molecule has 1 saturated heterocycles. The number of rotatable bonds is 5. The molecule has 0 N–H and O–H groups in total. The van der Waals surface area contributed by atoms with Gasteiger partial charge in [-0.3, -0.25) is 9.69 Å². The van der Waals surface area contributed by atoms with Crippen LogP contribution in [0.2, 0.25) is 5.02 Å². The molecule has 1 heterocycles. The zero-order chi connectivity index (χ0) is 14.2. The molecule has 1 fully saturated rings. The molecule has 0 aromatic heterocycles. The van der Waals surface area contributed by atoms with Gasteiger partial charge in [-0.25, -0.2) is 0 Å². The van der Waals surface area contributed by atoms with E-state index in [1.165, 1.54) is 25.7 Å². The van der Waals surface area contributed by atoms with Crippen molar-refractivity contribution in [1.29, 1.82) is 0 Å². The summed E-state index contributed by atoms with van der Waals surface area (Å²) in [7, 11) is 0. The lowest BCUT2D eigenvalue weighted by Gasteiger charge is -2.19. The van der Waals surface area contributed by atoms with Gasteiger partial charge in [0.25, 0.3) is 0 Å². The van der Waals surface area contributed by atoms with Crippen molar-refractivity contribution in [2.45, 2.75) is 32.1 Å². The van der Waals surface area contributed by atoms with Gasteiger partial charge in [0.15, 0.2) is 0 Å². The van der Waals surface area contributed by atoms with Gasteiger partial charge in [-0.1, -0.05) is 36.6 Å². The molecule has 0 saturated carbocycles. The first kappa shape index (κ1) is 15.3. The number of hydrogen-bond acceptors (Lipinski definition) is 3. The summed E-state index contributed by atoms with van der Waals surface area (Å²) in [5, 5.41) is 0.684. The molecule has 0 bridgehead atoms. The third-order valence-corrected chi connectivity index (χ3v) is 3.88. The lowest BCUT2D eigenvalue weighted by molar-refractivity contribution is -0.143. The van der Waals surface area contributed by atoms with Crippen molar-refractivity contribution in [3.63, 3.8) is 0 Å². The summed E-state index contributed by atoms with van der Waals surface area (Å²) in [4.78, 5) is 14.1. The Morgan fingerprint density at radius 2 is 1.75 bits per heavy atom. The summed E-state index contributed by atoms with van der Waals surface area (Å²) in [6.45, 7) is 3.61. The van der Waals surface area contributed by atoms with Crippen molar-refractivity contribution in [3.8, 4) is 0 Å². The van der Waals surface area contributed by atoms with Crippen molar-refractivity contribution >= 4 is 17.6 Å². The molecule has 0 radical (unpaired) electrons. The van der Waals surface area contributed by atoms with Crippen LogP contribution in [-0.4, -0.2) is 37.1 Å². The molecule has 0 atom stereocenters. The maximum atomic E-state index is 11.7. The summed E-state index contributed by atoms with van der Waals surface area (Å²) in [5.41, 5.74) is 0.939. The number of carbonyl (C=O) groups excluding carboxylic acids is 1. The highest BCUT2D eigenvalue weighted by Crippen LogP contribution is 2.11. The van der Waals surface area contributed by atoms with Crippen molar-refractivity contribution in [1.82, 2.24) is 4.90 Å². The second kappa shape index (κ2) is 8.28. The van der Waals surface area contributed by atoms with E-state index in [9.17, 15) is 4.79 Å². The SMILES string of the molecule is O=C(Cc1ccc(Cl)cc1)OCCN1CCCCCC1. The monoisotopic (exact) mass is 295 g/mol. The van der Waals surface area contributed by atoms with Gasteiger partial charge in [0.05, 0.1) is 6.42 Å². The van der Waals surface area contributed by atoms with E-state index < -0.39 is 0 Å². The molecule has 1 aliphatic rings. The minimum Gasteiger partial charge on any atom is -0.464 e. The Hall–Kier alpha value is -1.06. The van der Waals surface area contributed by atoms with Crippen molar-refractivity contribution in [2.24, 2.45) is 0 Å². The van der Waals surface area contributed by atoms with E-state index in [0.29, 0.717) is 18.1 Å². The highest BCUT2D eigenvalue weighted by atomic mass is 35.5. The van der Waals surface area contributed by atoms with E-state index in [2.05, 4.69) is 4.90 Å². The van der Waals surface area contributed by atoms with E-state index >= 15 is 0 Å². The fourth-order valence-corrected chi connectivity index (χ4v) is 2.59. The van der Waals surface area contributed by atoms with Crippen molar-refractivity contribution in [2.75, 3.05) is 26.2 Å². The van der Waals surface area contributed by atoms with Crippen LogP contribution in [0, 0.1) is 0 Å². The van der Waals surface area contributed by atoms with Crippen LogP contribution in [0.5, 0.6) is 0 Å². The van der Waals surface area contributed by atoms with Gasteiger partial charge in [-0.15, -0.1) is 0 Å². The summed E-state index contributed by atoms with van der Waals surface area (Å²) in [6.07, 6.45) is 5.49. The molecule has 3 nitrogen and oxygen atoms in total. The van der Waals surface area contributed by atoms with Gasteiger partial charge >= 0.3 is 5.97 Å². The second-order valence-corrected chi connectivity index (χ2v) is 5.72. The van der Waals surface area contributed by atoms with Crippen LogP contribution in [0.15, 0.2) is 24.3 Å². The predicted octanol–water partition coefficient (Wildman–Crippen LogP) is 3.30. The lowest BCUT2D eigenvalue weighted by Crippen LogP contribution is -2.29. The van der Waals surface area contributed by atoms with Gasteiger partial charge in [0.1, 0.15) is 6.61 Å². The lowest BCUT2D eigenvalue weighted by atomic mass is 10.1. The smallest absolute Gasteiger partial charge is 0.310 e. The number of carbonyl (C=O) groups is 1. The number of esters is 1. The first-order valence-corrected chi connectivity index (χ1v) is 7.74. The quantitative estimate of drug-likeness (QED) is 0.781. The van der Waals surface area contributed by atoms with Gasteiger partial charge in [-0.05, 0) is 43.6 Å². The van der Waals surface area contributed by atoms with E-state index in [1.54, 1.807) is 12.1 Å². The molecule has 1 aromatic carbocycles. The Morgan fingerprint density at radius 3 is 2.40 bits per heavy atom. The normalized spacial score (nSPS) is 16.6. The minimum atomic E-state index is -0.165. The van der Waals surface area contributed by atoms with Crippen LogP contribution in [-0.2, 0) is 16.0 Å². The molecule has 4 heteroatoms. The van der Waals surface area contributed by atoms with Gasteiger partial charge in [0.2, 0.25) is 0 Å². The second-order valence-electron chi connectivity index (χ2n) is 5.28. The summed E-state index contributed by atoms with van der Waals surface area (Å²) in [5.74, 6) is -0.165. The maximum absolute atomic E-state index is 11.7. The highest BCUT2D eigenvalue weighted by Gasteiger charge is 2.10. The number of halogens is 1. The van der Waals surface area contributed by atoms with E-state index in [-0.39, 0.29) is 5.97 Å². The average Bonchev–Trinajstić information content (AvgIpc) is 2.70. The number of likely N-dealkylation sites (tertiary alicyclic amines) is 1. The standard InChI is InChI=1S/C16H22ClNO2/c17-15-7-5-14(6-8-15)13-16(19)20-12-11-18-9-3-1-2-4-10-18/h5-8H,1-4,9-13H2. The summed E-state index contributed by atoms with van der Waals surface area (Å²) in [6, 6.07) is 7.31. The van der Waals surface area contributed by atoms with Crippen molar-refractivity contribution < 1.29 is 9.53 Å². The molecule has 2 rings (SSSR count). The Morgan fingerprint density at radius 1 is 1.10 bits per heavy atom. The van der Waals surface area contributed by atoms with Crippen LogP contribution in [0.3, 0.4) is 0 Å². The molecular formula is C16H22ClNO2. The molecule has 1 aliphatic heterocycles. The largest absolute Gasteiger partial charge is 0.464 e. The third kappa shape index (κ3) is 5.51. The fraction of sp³-hybridized carbons (Fsp3) is 0.562. The highest BCUT2D eigenvalue weighted by molar-refractivity contribution is 6.30. The number of hydrogen-bond donors (Lipinski definition) is 0. The van der Waals surface area contributed by atoms with Gasteiger partial charge in [0, 0.05) is 11.6 Å². The summed E-state index contributed by atoms with van der Waals surface area (Å²) >= 11 is 5.81. The van der Waals surface area contributed by atoms with Crippen LogP contribution in [0.25, 0.3) is 0 Å². The molecule has 0 spiro atoms. The zero-order valence-electron chi connectivity index (χ0n) is 11.8. The molecule has 20 heavy (non-hydrogen) atoms. The molecular weight excluding hydrogens is 274 g/mol. The van der Waals surface area contributed by atoms with Gasteiger partial charge < -0.3 is 4.74 Å². The number of nitrogens with zero attached hydrogens (tertiary/aromatic N) is 1. The molecule has 0 unspecified atom stereocenters. The number of ether oxygens (including phenoxy) is 1.